The molecular formula is C22H21ClN6O2. The average molecular weight is 437 g/mol. The van der Waals surface area contributed by atoms with E-state index in [0.29, 0.717) is 29.2 Å². The summed E-state index contributed by atoms with van der Waals surface area (Å²) in [6.07, 6.45) is 2.03. The molecule has 0 radical (unpaired) electrons. The molecule has 8 nitrogen and oxygen atoms in total. The molecule has 0 bridgehead atoms. The van der Waals surface area contributed by atoms with E-state index in [1.54, 1.807) is 12.3 Å². The van der Waals surface area contributed by atoms with E-state index in [1.165, 1.54) is 0 Å². The molecule has 4 aromatic rings. The molecule has 158 valence electrons. The van der Waals surface area contributed by atoms with Crippen LogP contribution in [0.5, 0.6) is 5.75 Å². The van der Waals surface area contributed by atoms with Gasteiger partial charge in [-0.05, 0) is 36.2 Å². The molecule has 2 aromatic heterocycles. The van der Waals surface area contributed by atoms with Gasteiger partial charge in [0, 0.05) is 29.1 Å². The van der Waals surface area contributed by atoms with Gasteiger partial charge in [0.2, 0.25) is 5.91 Å². The number of hydrogen-bond donors (Lipinski definition) is 3. The largest absolute Gasteiger partial charge is 0.493 e. The van der Waals surface area contributed by atoms with Crippen LogP contribution in [0.3, 0.4) is 0 Å². The number of carbonyl (C=O) groups is 1. The summed E-state index contributed by atoms with van der Waals surface area (Å²) in [6.45, 7) is 2.29. The maximum absolute atomic E-state index is 11.0. The van der Waals surface area contributed by atoms with Crippen LogP contribution in [0.4, 0.5) is 11.5 Å². The molecule has 0 aliphatic rings. The maximum atomic E-state index is 11.0. The van der Waals surface area contributed by atoms with Gasteiger partial charge in [0.1, 0.15) is 16.7 Å². The SMILES string of the molecule is CC(COc1cccc(-c2nc(Cl)cc(Nc3ccc4[nH]ncc4c3)n2)c1)CC(N)=O. The van der Waals surface area contributed by atoms with Crippen molar-refractivity contribution >= 4 is 39.9 Å². The minimum absolute atomic E-state index is 0.0203. The van der Waals surface area contributed by atoms with Crippen molar-refractivity contribution in [3.05, 3.63) is 59.9 Å². The Morgan fingerprint density at radius 2 is 2.10 bits per heavy atom. The minimum atomic E-state index is -0.343. The van der Waals surface area contributed by atoms with E-state index < -0.39 is 0 Å². The average Bonchev–Trinajstić information content (AvgIpc) is 3.19. The molecule has 0 aliphatic heterocycles. The highest BCUT2D eigenvalue weighted by atomic mass is 35.5. The summed E-state index contributed by atoms with van der Waals surface area (Å²) < 4.78 is 5.80. The topological polar surface area (TPSA) is 119 Å². The predicted molar refractivity (Wildman–Crippen MR) is 120 cm³/mol. The Hall–Kier alpha value is -3.65. The molecule has 0 saturated carbocycles. The van der Waals surface area contributed by atoms with Crippen molar-refractivity contribution in [1.82, 2.24) is 20.2 Å². The normalized spacial score (nSPS) is 11.9. The summed E-state index contributed by atoms with van der Waals surface area (Å²) in [5.41, 5.74) is 7.80. The van der Waals surface area contributed by atoms with Crippen LogP contribution in [-0.4, -0.2) is 32.7 Å². The quantitative estimate of drug-likeness (QED) is 0.354. The summed E-state index contributed by atoms with van der Waals surface area (Å²) in [5.74, 6) is 1.36. The van der Waals surface area contributed by atoms with Crippen LogP contribution >= 0.6 is 11.6 Å². The number of nitrogens with one attached hydrogen (secondary N) is 2. The summed E-state index contributed by atoms with van der Waals surface area (Å²) in [6, 6.07) is 14.9. The first-order valence-electron chi connectivity index (χ1n) is 9.72. The highest BCUT2D eigenvalue weighted by molar-refractivity contribution is 6.29. The lowest BCUT2D eigenvalue weighted by atomic mass is 10.1. The molecule has 9 heteroatoms. The Bertz CT molecular complexity index is 1230. The first kappa shape index (κ1) is 20.6. The van der Waals surface area contributed by atoms with Crippen LogP contribution in [0.1, 0.15) is 13.3 Å². The number of nitrogens with zero attached hydrogens (tertiary/aromatic N) is 3. The molecular weight excluding hydrogens is 416 g/mol. The second-order valence-corrected chi connectivity index (χ2v) is 7.70. The van der Waals surface area contributed by atoms with Gasteiger partial charge in [-0.15, -0.1) is 0 Å². The Kier molecular flexibility index (Phi) is 5.99. The van der Waals surface area contributed by atoms with E-state index in [1.807, 2.05) is 49.4 Å². The first-order valence-corrected chi connectivity index (χ1v) is 10.1. The van der Waals surface area contributed by atoms with Gasteiger partial charge in [0.25, 0.3) is 0 Å². The second-order valence-electron chi connectivity index (χ2n) is 7.31. The zero-order chi connectivity index (χ0) is 21.8. The zero-order valence-corrected chi connectivity index (χ0v) is 17.6. The number of carbonyl (C=O) groups excluding carboxylic acids is 1. The van der Waals surface area contributed by atoms with Crippen LogP contribution in [0.15, 0.2) is 54.7 Å². The van der Waals surface area contributed by atoms with E-state index in [-0.39, 0.29) is 18.2 Å². The third-order valence-corrected chi connectivity index (χ3v) is 4.78. The van der Waals surface area contributed by atoms with E-state index in [4.69, 9.17) is 22.1 Å². The third kappa shape index (κ3) is 5.29. The standard InChI is InChI=1S/C22H21ClN6O2/c1-13(7-20(24)30)12-31-17-4-2-3-14(9-17)22-27-19(23)10-21(28-22)26-16-5-6-18-15(8-16)11-25-29-18/h2-6,8-11,13H,7,12H2,1H3,(H2,24,30)(H,25,29)(H,26,27,28). The lowest BCUT2D eigenvalue weighted by molar-refractivity contribution is -0.119. The number of nitrogens with two attached hydrogens (primary N) is 1. The van der Waals surface area contributed by atoms with E-state index in [9.17, 15) is 4.79 Å². The molecule has 4 rings (SSSR count). The van der Waals surface area contributed by atoms with Gasteiger partial charge in [0.15, 0.2) is 5.82 Å². The zero-order valence-electron chi connectivity index (χ0n) is 16.8. The van der Waals surface area contributed by atoms with Crippen LogP contribution in [0, 0.1) is 5.92 Å². The number of benzene rings is 2. The highest BCUT2D eigenvalue weighted by Gasteiger charge is 2.10. The van der Waals surface area contributed by atoms with Crippen molar-refractivity contribution in [3.8, 4) is 17.1 Å². The van der Waals surface area contributed by atoms with Gasteiger partial charge in [-0.2, -0.15) is 5.10 Å². The van der Waals surface area contributed by atoms with Crippen molar-refractivity contribution < 1.29 is 9.53 Å². The molecule has 1 atom stereocenters. The number of aromatic nitrogens is 4. The van der Waals surface area contributed by atoms with Crippen molar-refractivity contribution in [3.63, 3.8) is 0 Å². The molecule has 0 saturated heterocycles. The molecule has 0 fully saturated rings. The number of aromatic amines is 1. The van der Waals surface area contributed by atoms with E-state index in [2.05, 4.69) is 25.5 Å². The van der Waals surface area contributed by atoms with Crippen molar-refractivity contribution in [2.45, 2.75) is 13.3 Å². The summed E-state index contributed by atoms with van der Waals surface area (Å²) in [4.78, 5) is 20.0. The number of hydrogen-bond acceptors (Lipinski definition) is 6. The second kappa shape index (κ2) is 9.01. The first-order chi connectivity index (χ1) is 15.0. The predicted octanol–water partition coefficient (Wildman–Crippen LogP) is 4.31. The Balaban J connectivity index is 1.53. The lowest BCUT2D eigenvalue weighted by Crippen LogP contribution is -2.18. The highest BCUT2D eigenvalue weighted by Crippen LogP contribution is 2.26. The molecule has 0 spiro atoms. The number of H-pyrrole nitrogens is 1. The lowest BCUT2D eigenvalue weighted by Gasteiger charge is -2.12. The van der Waals surface area contributed by atoms with E-state index in [0.717, 1.165) is 22.2 Å². The summed E-state index contributed by atoms with van der Waals surface area (Å²) >= 11 is 6.25. The van der Waals surface area contributed by atoms with Gasteiger partial charge in [0.05, 0.1) is 18.3 Å². The van der Waals surface area contributed by atoms with Gasteiger partial charge >= 0.3 is 0 Å². The van der Waals surface area contributed by atoms with Crippen LogP contribution in [0.25, 0.3) is 22.3 Å². The number of fused-ring (bicyclic) bond motifs is 1. The van der Waals surface area contributed by atoms with Crippen molar-refractivity contribution in [2.75, 3.05) is 11.9 Å². The minimum Gasteiger partial charge on any atom is -0.493 e. The van der Waals surface area contributed by atoms with Gasteiger partial charge in [-0.25, -0.2) is 9.97 Å². The number of anilines is 2. The van der Waals surface area contributed by atoms with Crippen LogP contribution < -0.4 is 15.8 Å². The molecule has 0 aliphatic carbocycles. The fourth-order valence-corrected chi connectivity index (χ4v) is 3.33. The third-order valence-electron chi connectivity index (χ3n) is 4.58. The summed E-state index contributed by atoms with van der Waals surface area (Å²) in [5, 5.41) is 11.5. The number of primary amides is 1. The van der Waals surface area contributed by atoms with E-state index >= 15 is 0 Å². The number of ether oxygens (including phenoxy) is 1. The fourth-order valence-electron chi connectivity index (χ4n) is 3.14. The van der Waals surface area contributed by atoms with Crippen molar-refractivity contribution in [2.24, 2.45) is 11.7 Å². The summed E-state index contributed by atoms with van der Waals surface area (Å²) in [7, 11) is 0. The van der Waals surface area contributed by atoms with Gasteiger partial charge in [-0.1, -0.05) is 30.7 Å². The van der Waals surface area contributed by atoms with Gasteiger partial charge in [-0.3, -0.25) is 9.89 Å². The van der Waals surface area contributed by atoms with Crippen LogP contribution in [0.2, 0.25) is 5.15 Å². The van der Waals surface area contributed by atoms with Crippen LogP contribution in [-0.2, 0) is 4.79 Å². The monoisotopic (exact) mass is 436 g/mol. The smallest absolute Gasteiger partial charge is 0.217 e. The molecule has 4 N–H and O–H groups in total. The Morgan fingerprint density at radius 3 is 2.94 bits per heavy atom. The maximum Gasteiger partial charge on any atom is 0.217 e. The van der Waals surface area contributed by atoms with Gasteiger partial charge < -0.3 is 15.8 Å². The number of amides is 1. The fraction of sp³-hybridized carbons (Fsp3) is 0.182. The molecule has 1 amide bonds. The molecule has 1 unspecified atom stereocenters. The number of rotatable bonds is 8. The Morgan fingerprint density at radius 1 is 1.23 bits per heavy atom. The molecule has 31 heavy (non-hydrogen) atoms. The molecule has 2 heterocycles. The Labute approximate surface area is 183 Å². The number of halogens is 1. The van der Waals surface area contributed by atoms with Crippen molar-refractivity contribution in [1.29, 1.82) is 0 Å². The molecule has 2 aromatic carbocycles.